The van der Waals surface area contributed by atoms with Crippen LogP contribution in [0.2, 0.25) is 0 Å². The van der Waals surface area contributed by atoms with Crippen LogP contribution in [0.4, 0.5) is 5.69 Å². The third-order valence-corrected chi connectivity index (χ3v) is 4.05. The first-order valence-corrected chi connectivity index (χ1v) is 6.92. The van der Waals surface area contributed by atoms with Gasteiger partial charge < -0.3 is 9.84 Å². The smallest absolute Gasteiger partial charge is 0.343 e. The number of ether oxygens (including phenoxy) is 1. The van der Waals surface area contributed by atoms with Gasteiger partial charge in [0.05, 0.1) is 17.1 Å². The van der Waals surface area contributed by atoms with E-state index in [0.29, 0.717) is 12.1 Å². The van der Waals surface area contributed by atoms with E-state index in [-0.39, 0.29) is 23.5 Å². The number of nitro benzene ring substituents is 1. The van der Waals surface area contributed by atoms with E-state index in [2.05, 4.69) is 4.90 Å². The van der Waals surface area contributed by atoms with Gasteiger partial charge in [-0.25, -0.2) is 4.79 Å². The Kier molecular flexibility index (Phi) is 3.60. The topological polar surface area (TPSA) is 92.9 Å². The molecule has 2 saturated heterocycles. The summed E-state index contributed by atoms with van der Waals surface area (Å²) in [6, 6.07) is 4.42. The molecule has 2 fully saturated rings. The lowest BCUT2D eigenvalue weighted by Gasteiger charge is -2.32. The molecule has 2 unspecified atom stereocenters. The first-order chi connectivity index (χ1) is 10.0. The van der Waals surface area contributed by atoms with E-state index in [1.807, 2.05) is 0 Å². The maximum absolute atomic E-state index is 11.4. The van der Waals surface area contributed by atoms with Gasteiger partial charge in [-0.15, -0.1) is 0 Å². The van der Waals surface area contributed by atoms with Gasteiger partial charge in [0, 0.05) is 25.7 Å². The number of carboxylic acids is 1. The first kappa shape index (κ1) is 14.0. The Bertz CT molecular complexity index is 577. The molecule has 0 aromatic heterocycles. The van der Waals surface area contributed by atoms with Gasteiger partial charge >= 0.3 is 5.97 Å². The second-order valence-corrected chi connectivity index (χ2v) is 5.53. The lowest BCUT2D eigenvalue weighted by molar-refractivity contribution is -0.385. The van der Waals surface area contributed by atoms with Gasteiger partial charge in [-0.05, 0) is 18.4 Å². The van der Waals surface area contributed by atoms with Crippen molar-refractivity contribution in [2.45, 2.75) is 31.6 Å². The van der Waals surface area contributed by atoms with Crippen LogP contribution in [0.1, 0.15) is 28.8 Å². The van der Waals surface area contributed by atoms with E-state index in [1.54, 1.807) is 6.07 Å². The zero-order valence-corrected chi connectivity index (χ0v) is 11.4. The largest absolute Gasteiger partial charge is 0.477 e. The number of carboxylic acid groups (broad SMARTS) is 1. The Balaban J connectivity index is 1.86. The van der Waals surface area contributed by atoms with Crippen LogP contribution in [0.3, 0.4) is 0 Å². The van der Waals surface area contributed by atoms with Crippen LogP contribution < -0.4 is 0 Å². The van der Waals surface area contributed by atoms with Gasteiger partial charge in [-0.3, -0.25) is 15.0 Å². The second-order valence-electron chi connectivity index (χ2n) is 5.53. The Morgan fingerprint density at radius 1 is 1.38 bits per heavy atom. The highest BCUT2D eigenvalue weighted by Gasteiger charge is 2.34. The van der Waals surface area contributed by atoms with Crippen molar-refractivity contribution in [3.05, 3.63) is 39.4 Å². The SMILES string of the molecule is O=C(O)c1c(CN2CC3CCC(C2)O3)cccc1[N+](=O)[O-]. The number of hydrogen-bond donors (Lipinski definition) is 1. The van der Waals surface area contributed by atoms with Crippen molar-refractivity contribution in [3.63, 3.8) is 0 Å². The second kappa shape index (κ2) is 5.42. The summed E-state index contributed by atoms with van der Waals surface area (Å²) in [6.07, 6.45) is 2.47. The highest BCUT2D eigenvalue weighted by molar-refractivity contribution is 5.94. The van der Waals surface area contributed by atoms with Crippen LogP contribution in [0.25, 0.3) is 0 Å². The standard InChI is InChI=1S/C14H16N2O5/c17-14(18)13-9(2-1-3-12(13)16(19)20)6-15-7-10-4-5-11(8-15)21-10/h1-3,10-11H,4-8H2,(H,17,18). The van der Waals surface area contributed by atoms with Crippen molar-refractivity contribution in [1.29, 1.82) is 0 Å². The van der Waals surface area contributed by atoms with Crippen LogP contribution >= 0.6 is 0 Å². The van der Waals surface area contributed by atoms with Crippen molar-refractivity contribution < 1.29 is 19.6 Å². The zero-order valence-electron chi connectivity index (χ0n) is 11.4. The number of fused-ring (bicyclic) bond motifs is 2. The quantitative estimate of drug-likeness (QED) is 0.670. The van der Waals surface area contributed by atoms with E-state index < -0.39 is 10.9 Å². The molecule has 1 aromatic rings. The van der Waals surface area contributed by atoms with Gasteiger partial charge in [0.25, 0.3) is 5.69 Å². The van der Waals surface area contributed by atoms with E-state index in [1.165, 1.54) is 12.1 Å². The fourth-order valence-electron chi connectivity index (χ4n) is 3.19. The molecule has 3 rings (SSSR count). The fourth-order valence-corrected chi connectivity index (χ4v) is 3.19. The normalized spacial score (nSPS) is 25.0. The molecule has 2 bridgehead atoms. The van der Waals surface area contributed by atoms with Gasteiger partial charge in [0.15, 0.2) is 0 Å². The molecule has 1 aromatic carbocycles. The summed E-state index contributed by atoms with van der Waals surface area (Å²) >= 11 is 0. The summed E-state index contributed by atoms with van der Waals surface area (Å²) in [4.78, 5) is 23.9. The van der Waals surface area contributed by atoms with Gasteiger partial charge in [-0.2, -0.15) is 0 Å². The van der Waals surface area contributed by atoms with Gasteiger partial charge in [0.2, 0.25) is 0 Å². The molecule has 1 N–H and O–H groups in total. The van der Waals surface area contributed by atoms with E-state index in [0.717, 1.165) is 25.9 Å². The third-order valence-electron chi connectivity index (χ3n) is 4.05. The average Bonchev–Trinajstić information content (AvgIpc) is 2.77. The summed E-state index contributed by atoms with van der Waals surface area (Å²) in [5.74, 6) is -1.26. The minimum absolute atomic E-state index is 0.204. The lowest BCUT2D eigenvalue weighted by atomic mass is 10.0. The Morgan fingerprint density at radius 2 is 2.05 bits per heavy atom. The zero-order chi connectivity index (χ0) is 15.0. The molecular weight excluding hydrogens is 276 g/mol. The number of likely N-dealkylation sites (tertiary alicyclic amines) is 1. The summed E-state index contributed by atoms with van der Waals surface area (Å²) in [7, 11) is 0. The van der Waals surface area contributed by atoms with Gasteiger partial charge in [-0.1, -0.05) is 12.1 Å². The number of carbonyl (C=O) groups is 1. The number of rotatable bonds is 4. The number of nitro groups is 1. The fraction of sp³-hybridized carbons (Fsp3) is 0.500. The average molecular weight is 292 g/mol. The van der Waals surface area contributed by atoms with Crippen LogP contribution in [0, 0.1) is 10.1 Å². The molecule has 7 nitrogen and oxygen atoms in total. The Labute approximate surface area is 121 Å². The third kappa shape index (κ3) is 2.74. The van der Waals surface area contributed by atoms with E-state index >= 15 is 0 Å². The highest BCUT2D eigenvalue weighted by Crippen LogP contribution is 2.29. The predicted molar refractivity (Wildman–Crippen MR) is 73.2 cm³/mol. The molecule has 0 saturated carbocycles. The molecular formula is C14H16N2O5. The molecule has 21 heavy (non-hydrogen) atoms. The van der Waals surface area contributed by atoms with Crippen molar-refractivity contribution >= 4 is 11.7 Å². The minimum atomic E-state index is -1.26. The van der Waals surface area contributed by atoms with Crippen molar-refractivity contribution in [2.24, 2.45) is 0 Å². The maximum atomic E-state index is 11.4. The highest BCUT2D eigenvalue weighted by atomic mass is 16.6. The van der Waals surface area contributed by atoms with Crippen molar-refractivity contribution in [2.75, 3.05) is 13.1 Å². The van der Waals surface area contributed by atoms with Gasteiger partial charge in [0.1, 0.15) is 5.56 Å². The molecule has 0 aliphatic carbocycles. The van der Waals surface area contributed by atoms with E-state index in [4.69, 9.17) is 4.74 Å². The molecule has 0 radical (unpaired) electrons. The first-order valence-electron chi connectivity index (χ1n) is 6.92. The predicted octanol–water partition coefficient (Wildman–Crippen LogP) is 1.66. The van der Waals surface area contributed by atoms with Crippen LogP contribution in [-0.2, 0) is 11.3 Å². The Hall–Kier alpha value is -1.99. The summed E-state index contributed by atoms with van der Waals surface area (Å²) in [6.45, 7) is 1.90. The molecule has 2 aliphatic heterocycles. The lowest BCUT2D eigenvalue weighted by Crippen LogP contribution is -2.42. The van der Waals surface area contributed by atoms with Crippen LogP contribution in [0.15, 0.2) is 18.2 Å². The monoisotopic (exact) mass is 292 g/mol. The number of hydrogen-bond acceptors (Lipinski definition) is 5. The number of nitrogens with zero attached hydrogens (tertiary/aromatic N) is 2. The van der Waals surface area contributed by atoms with Crippen molar-refractivity contribution in [3.8, 4) is 0 Å². The van der Waals surface area contributed by atoms with Crippen molar-refractivity contribution in [1.82, 2.24) is 4.90 Å². The summed E-state index contributed by atoms with van der Waals surface area (Å²) in [5, 5.41) is 20.3. The molecule has 2 heterocycles. The molecule has 2 atom stereocenters. The molecule has 0 amide bonds. The number of morpholine rings is 1. The molecule has 2 aliphatic rings. The number of benzene rings is 1. The minimum Gasteiger partial charge on any atom is -0.477 e. The molecule has 112 valence electrons. The summed E-state index contributed by atoms with van der Waals surface area (Å²) < 4.78 is 5.74. The van der Waals surface area contributed by atoms with Crippen LogP contribution in [-0.4, -0.2) is 46.2 Å². The van der Waals surface area contributed by atoms with Crippen LogP contribution in [0.5, 0.6) is 0 Å². The molecule has 7 heteroatoms. The van der Waals surface area contributed by atoms with E-state index in [9.17, 15) is 20.0 Å². The maximum Gasteiger partial charge on any atom is 0.343 e. The Morgan fingerprint density at radius 3 is 2.62 bits per heavy atom. The summed E-state index contributed by atoms with van der Waals surface area (Å²) in [5.41, 5.74) is -0.0735. The molecule has 0 spiro atoms. The number of aromatic carboxylic acids is 1.